The standard InChI is InChI=1S/C11H12Cl2FNO/c1-2-15(11(16)6-12)7-8-9(13)4-3-5-10(8)14/h3-5H,2,6-7H2,1H3. The van der Waals surface area contributed by atoms with Crippen molar-refractivity contribution in [3.63, 3.8) is 0 Å². The molecule has 0 aliphatic heterocycles. The number of hydrogen-bond donors (Lipinski definition) is 0. The van der Waals surface area contributed by atoms with Crippen molar-refractivity contribution in [2.45, 2.75) is 13.5 Å². The lowest BCUT2D eigenvalue weighted by Crippen LogP contribution is -2.31. The summed E-state index contributed by atoms with van der Waals surface area (Å²) >= 11 is 11.3. The molecule has 0 spiro atoms. The Labute approximate surface area is 104 Å². The summed E-state index contributed by atoms with van der Waals surface area (Å²) in [7, 11) is 0. The molecule has 0 aromatic heterocycles. The topological polar surface area (TPSA) is 20.3 Å². The van der Waals surface area contributed by atoms with Gasteiger partial charge in [-0.25, -0.2) is 4.39 Å². The molecular formula is C11H12Cl2FNO. The van der Waals surface area contributed by atoms with Crippen LogP contribution in [0.4, 0.5) is 4.39 Å². The van der Waals surface area contributed by atoms with Crippen LogP contribution in [0.5, 0.6) is 0 Å². The molecule has 1 amide bonds. The summed E-state index contributed by atoms with van der Waals surface area (Å²) in [6.07, 6.45) is 0. The summed E-state index contributed by atoms with van der Waals surface area (Å²) in [6.45, 7) is 2.42. The first-order valence-corrected chi connectivity index (χ1v) is 5.78. The van der Waals surface area contributed by atoms with Gasteiger partial charge in [0.15, 0.2) is 0 Å². The van der Waals surface area contributed by atoms with Gasteiger partial charge in [0.05, 0.1) is 6.54 Å². The van der Waals surface area contributed by atoms with E-state index < -0.39 is 5.82 Å². The molecule has 0 aliphatic carbocycles. The Morgan fingerprint density at radius 3 is 2.69 bits per heavy atom. The van der Waals surface area contributed by atoms with Crippen LogP contribution in [0, 0.1) is 5.82 Å². The Hall–Kier alpha value is -0.800. The van der Waals surface area contributed by atoms with E-state index in [2.05, 4.69) is 0 Å². The second kappa shape index (κ2) is 6.06. The predicted octanol–water partition coefficient (Wildman–Crippen LogP) is 3.07. The van der Waals surface area contributed by atoms with Crippen LogP contribution in [-0.2, 0) is 11.3 Å². The third kappa shape index (κ3) is 3.09. The first kappa shape index (κ1) is 13.3. The van der Waals surface area contributed by atoms with Crippen molar-refractivity contribution in [2.75, 3.05) is 12.4 Å². The van der Waals surface area contributed by atoms with Gasteiger partial charge in [-0.1, -0.05) is 17.7 Å². The fourth-order valence-electron chi connectivity index (χ4n) is 1.34. The van der Waals surface area contributed by atoms with E-state index in [0.717, 1.165) is 0 Å². The highest BCUT2D eigenvalue weighted by Gasteiger charge is 2.15. The molecule has 0 fully saturated rings. The van der Waals surface area contributed by atoms with E-state index in [1.54, 1.807) is 13.0 Å². The minimum absolute atomic E-state index is 0.111. The zero-order valence-corrected chi connectivity index (χ0v) is 10.4. The first-order valence-electron chi connectivity index (χ1n) is 4.86. The van der Waals surface area contributed by atoms with Crippen LogP contribution in [0.25, 0.3) is 0 Å². The first-order chi connectivity index (χ1) is 7.60. The van der Waals surface area contributed by atoms with Gasteiger partial charge < -0.3 is 4.90 Å². The van der Waals surface area contributed by atoms with Crippen molar-refractivity contribution in [1.29, 1.82) is 0 Å². The van der Waals surface area contributed by atoms with E-state index in [4.69, 9.17) is 23.2 Å². The summed E-state index contributed by atoms with van der Waals surface area (Å²) in [6, 6.07) is 4.44. The molecule has 0 unspecified atom stereocenters. The van der Waals surface area contributed by atoms with Gasteiger partial charge >= 0.3 is 0 Å². The Bertz CT molecular complexity index is 364. The molecule has 0 N–H and O–H groups in total. The molecule has 0 bridgehead atoms. The third-order valence-corrected chi connectivity index (χ3v) is 2.84. The Balaban J connectivity index is 2.90. The lowest BCUT2D eigenvalue weighted by molar-refractivity contribution is -0.128. The number of halogens is 3. The molecule has 88 valence electrons. The van der Waals surface area contributed by atoms with E-state index in [9.17, 15) is 9.18 Å². The lowest BCUT2D eigenvalue weighted by Gasteiger charge is -2.20. The third-order valence-electron chi connectivity index (χ3n) is 2.26. The summed E-state index contributed by atoms with van der Waals surface area (Å²) < 4.78 is 13.5. The Morgan fingerprint density at radius 2 is 2.19 bits per heavy atom. The maximum atomic E-state index is 13.5. The summed E-state index contributed by atoms with van der Waals surface area (Å²) in [5.41, 5.74) is 0.324. The molecule has 2 nitrogen and oxygen atoms in total. The highest BCUT2D eigenvalue weighted by Crippen LogP contribution is 2.20. The summed E-state index contributed by atoms with van der Waals surface area (Å²) in [5, 5.41) is 0.320. The van der Waals surface area contributed by atoms with Gasteiger partial charge in [-0.3, -0.25) is 4.79 Å². The number of rotatable bonds is 4. The van der Waals surface area contributed by atoms with Gasteiger partial charge in [0.1, 0.15) is 11.7 Å². The Morgan fingerprint density at radius 1 is 1.50 bits per heavy atom. The summed E-state index contributed by atoms with van der Waals surface area (Å²) in [4.78, 5) is 12.9. The molecule has 1 aromatic rings. The van der Waals surface area contributed by atoms with Gasteiger partial charge in [0.2, 0.25) is 5.91 Å². The van der Waals surface area contributed by atoms with Crippen molar-refractivity contribution in [1.82, 2.24) is 4.90 Å². The van der Waals surface area contributed by atoms with E-state index in [1.165, 1.54) is 17.0 Å². The van der Waals surface area contributed by atoms with Crippen molar-refractivity contribution in [3.05, 3.63) is 34.6 Å². The van der Waals surface area contributed by atoms with Crippen LogP contribution in [0.3, 0.4) is 0 Å². The van der Waals surface area contributed by atoms with Crippen LogP contribution >= 0.6 is 23.2 Å². The smallest absolute Gasteiger partial charge is 0.237 e. The Kier molecular flexibility index (Phi) is 5.03. The summed E-state index contributed by atoms with van der Waals surface area (Å²) in [5.74, 6) is -0.753. The molecule has 1 aromatic carbocycles. The van der Waals surface area contributed by atoms with Gasteiger partial charge in [0, 0.05) is 17.1 Å². The van der Waals surface area contributed by atoms with E-state index in [-0.39, 0.29) is 18.3 Å². The van der Waals surface area contributed by atoms with Gasteiger partial charge in [-0.15, -0.1) is 11.6 Å². The van der Waals surface area contributed by atoms with Crippen molar-refractivity contribution < 1.29 is 9.18 Å². The molecule has 0 atom stereocenters. The molecule has 0 aliphatic rings. The number of carbonyl (C=O) groups excluding carboxylic acids is 1. The zero-order valence-electron chi connectivity index (χ0n) is 8.84. The predicted molar refractivity (Wildman–Crippen MR) is 63.2 cm³/mol. The highest BCUT2D eigenvalue weighted by molar-refractivity contribution is 6.31. The molecule has 0 saturated carbocycles. The average molecular weight is 264 g/mol. The molecule has 5 heteroatoms. The minimum Gasteiger partial charge on any atom is -0.337 e. The van der Waals surface area contributed by atoms with Gasteiger partial charge in [-0.05, 0) is 19.1 Å². The van der Waals surface area contributed by atoms with Crippen LogP contribution in [-0.4, -0.2) is 23.2 Å². The highest BCUT2D eigenvalue weighted by atomic mass is 35.5. The second-order valence-electron chi connectivity index (χ2n) is 3.24. The molecule has 0 radical (unpaired) electrons. The molecule has 0 saturated heterocycles. The second-order valence-corrected chi connectivity index (χ2v) is 3.92. The maximum absolute atomic E-state index is 13.5. The number of benzene rings is 1. The average Bonchev–Trinajstić information content (AvgIpc) is 2.28. The zero-order chi connectivity index (χ0) is 12.1. The molecular weight excluding hydrogens is 252 g/mol. The van der Waals surface area contributed by atoms with Gasteiger partial charge in [0.25, 0.3) is 0 Å². The number of carbonyl (C=O) groups is 1. The van der Waals surface area contributed by atoms with Crippen LogP contribution in [0.2, 0.25) is 5.02 Å². The van der Waals surface area contributed by atoms with E-state index >= 15 is 0 Å². The quantitative estimate of drug-likeness (QED) is 0.765. The van der Waals surface area contributed by atoms with E-state index in [1.807, 2.05) is 0 Å². The monoisotopic (exact) mass is 263 g/mol. The fraction of sp³-hybridized carbons (Fsp3) is 0.364. The van der Waals surface area contributed by atoms with Crippen LogP contribution < -0.4 is 0 Å². The number of nitrogens with zero attached hydrogens (tertiary/aromatic N) is 1. The largest absolute Gasteiger partial charge is 0.337 e. The number of amides is 1. The molecule has 1 rings (SSSR count). The van der Waals surface area contributed by atoms with Crippen molar-refractivity contribution in [3.8, 4) is 0 Å². The maximum Gasteiger partial charge on any atom is 0.237 e. The normalized spacial score (nSPS) is 10.2. The number of hydrogen-bond acceptors (Lipinski definition) is 1. The van der Waals surface area contributed by atoms with Crippen molar-refractivity contribution >= 4 is 29.1 Å². The van der Waals surface area contributed by atoms with Crippen LogP contribution in [0.15, 0.2) is 18.2 Å². The molecule has 0 heterocycles. The fourth-order valence-corrected chi connectivity index (χ4v) is 1.73. The lowest BCUT2D eigenvalue weighted by atomic mass is 10.2. The van der Waals surface area contributed by atoms with Crippen LogP contribution in [0.1, 0.15) is 12.5 Å². The SMILES string of the molecule is CCN(Cc1c(F)cccc1Cl)C(=O)CCl. The van der Waals surface area contributed by atoms with Crippen molar-refractivity contribution in [2.24, 2.45) is 0 Å². The minimum atomic E-state index is -0.409. The number of alkyl halides is 1. The molecule has 16 heavy (non-hydrogen) atoms. The van der Waals surface area contributed by atoms with E-state index in [0.29, 0.717) is 17.1 Å². The van der Waals surface area contributed by atoms with Gasteiger partial charge in [-0.2, -0.15) is 0 Å².